The Morgan fingerprint density at radius 2 is 1.07 bits per heavy atom. The standard InChI is InChI=1S/C23H18.3C2H6/c1-23(2)21-10-6-5-9-18(21)20-14-13-17-16-8-4-3-7-15(16)11-12-19(17)22(20)23;3*1-2/h3-14H,1-2H3;3*1-2H3. The Labute approximate surface area is 177 Å². The van der Waals surface area contributed by atoms with Crippen LogP contribution in [0.5, 0.6) is 0 Å². The van der Waals surface area contributed by atoms with Gasteiger partial charge in [-0.05, 0) is 43.8 Å². The molecule has 1 aliphatic carbocycles. The van der Waals surface area contributed by atoms with Gasteiger partial charge in [0.05, 0.1) is 0 Å². The van der Waals surface area contributed by atoms with Crippen LogP contribution < -0.4 is 0 Å². The summed E-state index contributed by atoms with van der Waals surface area (Å²) in [5.41, 5.74) is 5.75. The number of fused-ring (bicyclic) bond motifs is 7. The van der Waals surface area contributed by atoms with Crippen molar-refractivity contribution in [2.24, 2.45) is 0 Å². The van der Waals surface area contributed by atoms with Gasteiger partial charge in [-0.25, -0.2) is 0 Å². The Bertz CT molecular complexity index is 1080. The van der Waals surface area contributed by atoms with Crippen molar-refractivity contribution in [3.63, 3.8) is 0 Å². The summed E-state index contributed by atoms with van der Waals surface area (Å²) in [6.07, 6.45) is 0. The average Bonchev–Trinajstić information content (AvgIpc) is 3.05. The molecule has 0 aromatic heterocycles. The SMILES string of the molecule is CC.CC.CC.CC1(C)c2ccccc2-c2ccc3c(ccc4ccccc43)c21. The van der Waals surface area contributed by atoms with E-state index in [0.29, 0.717) is 0 Å². The molecule has 29 heavy (non-hydrogen) atoms. The van der Waals surface area contributed by atoms with E-state index in [1.165, 1.54) is 43.8 Å². The van der Waals surface area contributed by atoms with Gasteiger partial charge in [0, 0.05) is 5.41 Å². The first-order valence-electron chi connectivity index (χ1n) is 11.2. The number of benzene rings is 4. The van der Waals surface area contributed by atoms with Crippen molar-refractivity contribution < 1.29 is 0 Å². The fourth-order valence-corrected chi connectivity index (χ4v) is 4.38. The fourth-order valence-electron chi connectivity index (χ4n) is 4.38. The molecule has 0 amide bonds. The van der Waals surface area contributed by atoms with Gasteiger partial charge in [-0.1, -0.05) is 128 Å². The molecule has 0 heteroatoms. The Hall–Kier alpha value is -2.60. The Balaban J connectivity index is 0.000000461. The lowest BCUT2D eigenvalue weighted by Crippen LogP contribution is -2.15. The van der Waals surface area contributed by atoms with Crippen LogP contribution in [0.1, 0.15) is 66.5 Å². The highest BCUT2D eigenvalue weighted by molar-refractivity contribution is 6.11. The summed E-state index contributed by atoms with van der Waals surface area (Å²) in [5, 5.41) is 5.41. The van der Waals surface area contributed by atoms with E-state index in [1.807, 2.05) is 41.5 Å². The topological polar surface area (TPSA) is 0 Å². The van der Waals surface area contributed by atoms with Gasteiger partial charge in [0.25, 0.3) is 0 Å². The summed E-state index contributed by atoms with van der Waals surface area (Å²) in [6.45, 7) is 16.7. The molecular weight excluding hydrogens is 348 g/mol. The largest absolute Gasteiger partial charge is 0.0683 e. The molecule has 0 saturated carbocycles. The molecule has 0 heterocycles. The fraction of sp³-hybridized carbons (Fsp3) is 0.310. The van der Waals surface area contributed by atoms with E-state index < -0.39 is 0 Å². The van der Waals surface area contributed by atoms with Crippen molar-refractivity contribution in [2.45, 2.75) is 60.8 Å². The molecule has 0 bridgehead atoms. The molecule has 0 radical (unpaired) electrons. The molecule has 5 rings (SSSR count). The average molecular weight is 385 g/mol. The predicted molar refractivity (Wildman–Crippen MR) is 133 cm³/mol. The highest BCUT2D eigenvalue weighted by Crippen LogP contribution is 2.51. The lowest BCUT2D eigenvalue weighted by atomic mass is 9.80. The zero-order chi connectivity index (χ0) is 21.6. The molecule has 152 valence electrons. The van der Waals surface area contributed by atoms with Gasteiger partial charge in [-0.15, -0.1) is 0 Å². The van der Waals surface area contributed by atoms with E-state index >= 15 is 0 Å². The van der Waals surface area contributed by atoms with Gasteiger partial charge in [0.1, 0.15) is 0 Å². The predicted octanol–water partition coefficient (Wildman–Crippen LogP) is 9.38. The minimum Gasteiger partial charge on any atom is -0.0683 e. The lowest BCUT2D eigenvalue weighted by molar-refractivity contribution is 0.666. The summed E-state index contributed by atoms with van der Waals surface area (Å²) in [6, 6.07) is 26.7. The maximum absolute atomic E-state index is 2.35. The normalized spacial score (nSPS) is 12.4. The van der Waals surface area contributed by atoms with Crippen molar-refractivity contribution in [3.05, 3.63) is 83.9 Å². The zero-order valence-corrected chi connectivity index (χ0v) is 19.4. The summed E-state index contributed by atoms with van der Waals surface area (Å²) in [4.78, 5) is 0. The summed E-state index contributed by atoms with van der Waals surface area (Å²) in [5.74, 6) is 0. The van der Waals surface area contributed by atoms with E-state index in [1.54, 1.807) is 0 Å². The third-order valence-corrected chi connectivity index (χ3v) is 5.44. The maximum Gasteiger partial charge on any atom is 0.0165 e. The van der Waals surface area contributed by atoms with Crippen molar-refractivity contribution >= 4 is 21.5 Å². The van der Waals surface area contributed by atoms with Crippen LogP contribution >= 0.6 is 0 Å². The van der Waals surface area contributed by atoms with E-state index in [2.05, 4.69) is 86.6 Å². The van der Waals surface area contributed by atoms with Crippen LogP contribution in [0, 0.1) is 0 Å². The quantitative estimate of drug-likeness (QED) is 0.265. The molecule has 1 aliphatic rings. The lowest BCUT2D eigenvalue weighted by Gasteiger charge is -2.23. The summed E-state index contributed by atoms with van der Waals surface area (Å²) >= 11 is 0. The second-order valence-corrected chi connectivity index (χ2v) is 7.04. The van der Waals surface area contributed by atoms with Crippen LogP contribution in [0.4, 0.5) is 0 Å². The van der Waals surface area contributed by atoms with Gasteiger partial charge in [0.15, 0.2) is 0 Å². The number of rotatable bonds is 0. The molecule has 0 atom stereocenters. The van der Waals surface area contributed by atoms with Gasteiger partial charge in [-0.2, -0.15) is 0 Å². The first kappa shape index (κ1) is 22.7. The van der Waals surface area contributed by atoms with Crippen LogP contribution in [-0.4, -0.2) is 0 Å². The Kier molecular flexibility index (Phi) is 7.62. The summed E-state index contributed by atoms with van der Waals surface area (Å²) in [7, 11) is 0. The molecule has 0 fully saturated rings. The van der Waals surface area contributed by atoms with Gasteiger partial charge in [0.2, 0.25) is 0 Å². The monoisotopic (exact) mass is 384 g/mol. The maximum atomic E-state index is 2.35. The Morgan fingerprint density at radius 3 is 1.79 bits per heavy atom. The Morgan fingerprint density at radius 1 is 0.483 bits per heavy atom. The molecule has 0 aliphatic heterocycles. The highest BCUT2D eigenvalue weighted by atomic mass is 14.4. The van der Waals surface area contributed by atoms with Crippen LogP contribution in [-0.2, 0) is 5.41 Å². The van der Waals surface area contributed by atoms with Crippen molar-refractivity contribution in [1.29, 1.82) is 0 Å². The first-order chi connectivity index (χ1) is 14.2. The molecule has 0 unspecified atom stereocenters. The molecule has 4 aromatic carbocycles. The van der Waals surface area contributed by atoms with Gasteiger partial charge >= 0.3 is 0 Å². The van der Waals surface area contributed by atoms with Gasteiger partial charge < -0.3 is 0 Å². The minimum absolute atomic E-state index is 0.0495. The molecule has 0 nitrogen and oxygen atoms in total. The third-order valence-electron chi connectivity index (χ3n) is 5.44. The molecule has 0 saturated heterocycles. The van der Waals surface area contributed by atoms with E-state index in [-0.39, 0.29) is 5.41 Å². The van der Waals surface area contributed by atoms with Crippen LogP contribution in [0.15, 0.2) is 72.8 Å². The second-order valence-electron chi connectivity index (χ2n) is 7.04. The van der Waals surface area contributed by atoms with Crippen molar-refractivity contribution in [3.8, 4) is 11.1 Å². The van der Waals surface area contributed by atoms with Crippen molar-refractivity contribution in [1.82, 2.24) is 0 Å². The summed E-state index contributed by atoms with van der Waals surface area (Å²) < 4.78 is 0. The molecule has 0 N–H and O–H groups in total. The number of hydrogen-bond donors (Lipinski definition) is 0. The zero-order valence-electron chi connectivity index (χ0n) is 19.4. The smallest absolute Gasteiger partial charge is 0.0165 e. The van der Waals surface area contributed by atoms with Crippen LogP contribution in [0.3, 0.4) is 0 Å². The van der Waals surface area contributed by atoms with Crippen LogP contribution in [0.2, 0.25) is 0 Å². The molecular formula is C29H36. The third kappa shape index (κ3) is 3.69. The van der Waals surface area contributed by atoms with E-state index in [4.69, 9.17) is 0 Å². The first-order valence-corrected chi connectivity index (χ1v) is 11.2. The molecule has 4 aromatic rings. The second kappa shape index (κ2) is 9.74. The van der Waals surface area contributed by atoms with Crippen molar-refractivity contribution in [2.75, 3.05) is 0 Å². The molecule has 0 spiro atoms. The highest BCUT2D eigenvalue weighted by Gasteiger charge is 2.36. The number of hydrogen-bond acceptors (Lipinski definition) is 0. The van der Waals surface area contributed by atoms with E-state index in [0.717, 1.165) is 0 Å². The van der Waals surface area contributed by atoms with Gasteiger partial charge in [-0.3, -0.25) is 0 Å². The van der Waals surface area contributed by atoms with E-state index in [9.17, 15) is 0 Å². The minimum atomic E-state index is 0.0495. The van der Waals surface area contributed by atoms with Crippen LogP contribution in [0.25, 0.3) is 32.7 Å².